The van der Waals surface area contributed by atoms with E-state index in [2.05, 4.69) is 42.9 Å². The second kappa shape index (κ2) is 7.82. The number of benzene rings is 1. The summed E-state index contributed by atoms with van der Waals surface area (Å²) in [5.74, 6) is 1.20. The molecule has 0 amide bonds. The first-order valence-electron chi connectivity index (χ1n) is 7.62. The Hall–Kier alpha value is -3.28. The molecule has 0 saturated heterocycles. The molecule has 2 aromatic heterocycles. The molecule has 3 aromatic rings. The van der Waals surface area contributed by atoms with Gasteiger partial charge in [0.15, 0.2) is 5.82 Å². The normalized spacial score (nSPS) is 10.7. The minimum Gasteiger partial charge on any atom is -0.350 e. The summed E-state index contributed by atoms with van der Waals surface area (Å²) in [6, 6.07) is 15.8. The number of aromatic nitrogens is 3. The van der Waals surface area contributed by atoms with Gasteiger partial charge >= 0.3 is 0 Å². The van der Waals surface area contributed by atoms with E-state index < -0.39 is 0 Å². The lowest BCUT2D eigenvalue weighted by Crippen LogP contribution is -2.06. The van der Waals surface area contributed by atoms with Gasteiger partial charge in [-0.25, -0.2) is 4.98 Å². The van der Waals surface area contributed by atoms with Crippen molar-refractivity contribution in [3.8, 4) is 0 Å². The molecule has 120 valence electrons. The summed E-state index contributed by atoms with van der Waals surface area (Å²) in [7, 11) is 0. The van der Waals surface area contributed by atoms with Crippen molar-refractivity contribution in [1.82, 2.24) is 15.0 Å². The Bertz CT molecular complexity index is 802. The molecule has 1 aromatic carbocycles. The zero-order valence-electron chi connectivity index (χ0n) is 13.3. The number of hydrogen-bond acceptors (Lipinski definition) is 6. The Morgan fingerprint density at radius 1 is 1.08 bits per heavy atom. The third-order valence-electron chi connectivity index (χ3n) is 3.22. The van der Waals surface area contributed by atoms with Crippen LogP contribution in [0.5, 0.6) is 0 Å². The summed E-state index contributed by atoms with van der Waals surface area (Å²) < 4.78 is 0. The maximum atomic E-state index is 4.42. The number of hydrogen-bond donors (Lipinski definition) is 2. The number of aryl methyl sites for hydroxylation is 1. The molecule has 0 unspecified atom stereocenters. The average molecular weight is 318 g/mol. The van der Waals surface area contributed by atoms with Gasteiger partial charge in [-0.15, -0.1) is 0 Å². The second-order valence-corrected chi connectivity index (χ2v) is 5.21. The van der Waals surface area contributed by atoms with Crippen LogP contribution in [0.4, 0.5) is 11.8 Å². The van der Waals surface area contributed by atoms with E-state index in [1.807, 2.05) is 43.3 Å². The molecule has 0 aliphatic carbocycles. The molecular formula is C18H18N6. The fourth-order valence-corrected chi connectivity index (χ4v) is 2.11. The molecule has 0 spiro atoms. The summed E-state index contributed by atoms with van der Waals surface area (Å²) in [6.45, 7) is 2.59. The highest BCUT2D eigenvalue weighted by Gasteiger charge is 2.01. The maximum Gasteiger partial charge on any atom is 0.225 e. The minimum absolute atomic E-state index is 0.568. The van der Waals surface area contributed by atoms with E-state index in [9.17, 15) is 0 Å². The van der Waals surface area contributed by atoms with Crippen molar-refractivity contribution in [3.05, 3.63) is 77.7 Å². The van der Waals surface area contributed by atoms with E-state index in [0.29, 0.717) is 18.3 Å². The largest absolute Gasteiger partial charge is 0.350 e. The van der Waals surface area contributed by atoms with Crippen molar-refractivity contribution in [3.63, 3.8) is 0 Å². The highest BCUT2D eigenvalue weighted by atomic mass is 15.3. The molecule has 6 nitrogen and oxygen atoms in total. The average Bonchev–Trinajstić information content (AvgIpc) is 2.61. The SMILES string of the molecule is Cc1cc(N/N=C/c2cccnc2)nc(NCc2ccccc2)n1. The van der Waals surface area contributed by atoms with Crippen LogP contribution in [0, 0.1) is 6.92 Å². The van der Waals surface area contributed by atoms with Gasteiger partial charge < -0.3 is 5.32 Å². The quantitative estimate of drug-likeness (QED) is 0.539. The van der Waals surface area contributed by atoms with Gasteiger partial charge in [-0.2, -0.15) is 10.1 Å². The van der Waals surface area contributed by atoms with Crippen LogP contribution in [-0.2, 0) is 6.54 Å². The van der Waals surface area contributed by atoms with Gasteiger partial charge in [-0.1, -0.05) is 36.4 Å². The molecule has 3 rings (SSSR count). The lowest BCUT2D eigenvalue weighted by atomic mass is 10.2. The Labute approximate surface area is 140 Å². The Morgan fingerprint density at radius 2 is 1.96 bits per heavy atom. The Balaban J connectivity index is 1.64. The summed E-state index contributed by atoms with van der Waals surface area (Å²) in [6.07, 6.45) is 5.16. The van der Waals surface area contributed by atoms with Crippen LogP contribution in [-0.4, -0.2) is 21.2 Å². The third-order valence-corrected chi connectivity index (χ3v) is 3.22. The Kier molecular flexibility index (Phi) is 5.09. The fourth-order valence-electron chi connectivity index (χ4n) is 2.11. The summed E-state index contributed by atoms with van der Waals surface area (Å²) in [5.41, 5.74) is 5.87. The first-order chi connectivity index (χ1) is 11.8. The van der Waals surface area contributed by atoms with Crippen LogP contribution in [0.2, 0.25) is 0 Å². The molecule has 0 aliphatic rings. The molecule has 2 N–H and O–H groups in total. The van der Waals surface area contributed by atoms with Gasteiger partial charge in [-0.3, -0.25) is 10.4 Å². The van der Waals surface area contributed by atoms with Crippen molar-refractivity contribution in [2.24, 2.45) is 5.10 Å². The van der Waals surface area contributed by atoms with Crippen molar-refractivity contribution in [2.75, 3.05) is 10.7 Å². The van der Waals surface area contributed by atoms with E-state index >= 15 is 0 Å². The second-order valence-electron chi connectivity index (χ2n) is 5.21. The molecule has 24 heavy (non-hydrogen) atoms. The lowest BCUT2D eigenvalue weighted by Gasteiger charge is -2.08. The monoisotopic (exact) mass is 318 g/mol. The van der Waals surface area contributed by atoms with E-state index in [4.69, 9.17) is 0 Å². The topological polar surface area (TPSA) is 75.1 Å². The molecule has 0 saturated carbocycles. The minimum atomic E-state index is 0.568. The number of nitrogens with one attached hydrogen (secondary N) is 2. The van der Waals surface area contributed by atoms with Crippen molar-refractivity contribution < 1.29 is 0 Å². The lowest BCUT2D eigenvalue weighted by molar-refractivity contribution is 1.02. The summed E-state index contributed by atoms with van der Waals surface area (Å²) >= 11 is 0. The van der Waals surface area contributed by atoms with Crippen LogP contribution >= 0.6 is 0 Å². The molecule has 0 fully saturated rings. The predicted molar refractivity (Wildman–Crippen MR) is 96.0 cm³/mol. The van der Waals surface area contributed by atoms with Crippen LogP contribution in [0.25, 0.3) is 0 Å². The van der Waals surface area contributed by atoms with Gasteiger partial charge in [0, 0.05) is 36.3 Å². The first kappa shape index (κ1) is 15.6. The van der Waals surface area contributed by atoms with Crippen molar-refractivity contribution >= 4 is 18.0 Å². The molecule has 0 radical (unpaired) electrons. The van der Waals surface area contributed by atoms with E-state index in [1.165, 1.54) is 5.56 Å². The molecular weight excluding hydrogens is 300 g/mol. The van der Waals surface area contributed by atoms with Gasteiger partial charge in [-0.05, 0) is 18.6 Å². The smallest absolute Gasteiger partial charge is 0.225 e. The molecule has 0 bridgehead atoms. The standard InChI is InChI=1S/C18H18N6/c1-14-10-17(24-21-13-16-8-5-9-19-11-16)23-18(22-14)20-12-15-6-3-2-4-7-15/h2-11,13H,12H2,1H3,(H2,20,22,23,24)/b21-13+. The Morgan fingerprint density at radius 3 is 2.75 bits per heavy atom. The van der Waals surface area contributed by atoms with Crippen LogP contribution < -0.4 is 10.7 Å². The number of rotatable bonds is 6. The predicted octanol–water partition coefficient (Wildman–Crippen LogP) is 3.24. The van der Waals surface area contributed by atoms with E-state index in [1.54, 1.807) is 18.6 Å². The van der Waals surface area contributed by atoms with Crippen LogP contribution in [0.1, 0.15) is 16.8 Å². The number of hydrazone groups is 1. The van der Waals surface area contributed by atoms with Gasteiger partial charge in [0.25, 0.3) is 0 Å². The van der Waals surface area contributed by atoms with Gasteiger partial charge in [0.2, 0.25) is 5.95 Å². The number of nitrogens with zero attached hydrogens (tertiary/aromatic N) is 4. The molecule has 2 heterocycles. The number of pyridine rings is 1. The molecule has 0 atom stereocenters. The third kappa shape index (κ3) is 4.61. The molecule has 6 heteroatoms. The highest BCUT2D eigenvalue weighted by molar-refractivity contribution is 5.79. The zero-order chi connectivity index (χ0) is 16.6. The van der Waals surface area contributed by atoms with Crippen LogP contribution in [0.15, 0.2) is 66.0 Å². The summed E-state index contributed by atoms with van der Waals surface area (Å²) in [4.78, 5) is 12.8. The van der Waals surface area contributed by atoms with E-state index in [0.717, 1.165) is 11.3 Å². The fraction of sp³-hybridized carbons (Fsp3) is 0.111. The molecule has 0 aliphatic heterocycles. The van der Waals surface area contributed by atoms with Crippen molar-refractivity contribution in [2.45, 2.75) is 13.5 Å². The van der Waals surface area contributed by atoms with Gasteiger partial charge in [0.05, 0.1) is 6.21 Å². The van der Waals surface area contributed by atoms with Crippen LogP contribution in [0.3, 0.4) is 0 Å². The zero-order valence-corrected chi connectivity index (χ0v) is 13.3. The number of anilines is 2. The van der Waals surface area contributed by atoms with E-state index in [-0.39, 0.29) is 0 Å². The summed E-state index contributed by atoms with van der Waals surface area (Å²) in [5, 5.41) is 7.41. The highest BCUT2D eigenvalue weighted by Crippen LogP contribution is 2.11. The van der Waals surface area contributed by atoms with Crippen molar-refractivity contribution in [1.29, 1.82) is 0 Å². The van der Waals surface area contributed by atoms with Gasteiger partial charge in [0.1, 0.15) is 0 Å². The maximum absolute atomic E-state index is 4.42. The first-order valence-corrected chi connectivity index (χ1v) is 7.62.